The second-order valence-electron chi connectivity index (χ2n) is 3.12. The van der Waals surface area contributed by atoms with Crippen molar-refractivity contribution in [3.8, 4) is 0 Å². The molecule has 0 aromatic heterocycles. The Balaban J connectivity index is 2.52. The van der Waals surface area contributed by atoms with E-state index in [1.807, 2.05) is 0 Å². The maximum atomic E-state index is 11.2. The second kappa shape index (κ2) is 4.42. The molecule has 1 aliphatic heterocycles. The van der Waals surface area contributed by atoms with Crippen LogP contribution in [0.2, 0.25) is 0 Å². The maximum absolute atomic E-state index is 11.2. The summed E-state index contributed by atoms with van der Waals surface area (Å²) in [6, 6.07) is 0. The number of ether oxygens (including phenoxy) is 1. The Kier molecular flexibility index (Phi) is 3.49. The van der Waals surface area contributed by atoms with Crippen molar-refractivity contribution >= 4 is 5.97 Å². The monoisotopic (exact) mass is 172 g/mol. The SMILES string of the molecule is COC(=O)C1CCNCC1CN. The Labute approximate surface area is 72.5 Å². The summed E-state index contributed by atoms with van der Waals surface area (Å²) < 4.78 is 4.70. The highest BCUT2D eigenvalue weighted by Crippen LogP contribution is 2.19. The van der Waals surface area contributed by atoms with Crippen LogP contribution in [-0.2, 0) is 9.53 Å². The zero-order valence-corrected chi connectivity index (χ0v) is 7.38. The summed E-state index contributed by atoms with van der Waals surface area (Å²) in [5.41, 5.74) is 5.54. The minimum Gasteiger partial charge on any atom is -0.469 e. The fourth-order valence-corrected chi connectivity index (χ4v) is 1.63. The molecule has 0 aliphatic carbocycles. The molecule has 4 heteroatoms. The van der Waals surface area contributed by atoms with Crippen molar-refractivity contribution in [1.82, 2.24) is 5.32 Å². The second-order valence-corrected chi connectivity index (χ2v) is 3.12. The van der Waals surface area contributed by atoms with Crippen LogP contribution in [0, 0.1) is 11.8 Å². The molecule has 12 heavy (non-hydrogen) atoms. The summed E-state index contributed by atoms with van der Waals surface area (Å²) in [4.78, 5) is 11.2. The molecular formula is C8H16N2O2. The molecule has 0 aromatic carbocycles. The lowest BCUT2D eigenvalue weighted by atomic mass is 9.86. The van der Waals surface area contributed by atoms with Gasteiger partial charge in [-0.1, -0.05) is 0 Å². The van der Waals surface area contributed by atoms with Crippen molar-refractivity contribution in [2.24, 2.45) is 17.6 Å². The Hall–Kier alpha value is -0.610. The normalized spacial score (nSPS) is 29.8. The molecule has 0 radical (unpaired) electrons. The van der Waals surface area contributed by atoms with Crippen molar-refractivity contribution in [1.29, 1.82) is 0 Å². The number of rotatable bonds is 2. The number of methoxy groups -OCH3 is 1. The van der Waals surface area contributed by atoms with Gasteiger partial charge in [0.05, 0.1) is 13.0 Å². The lowest BCUT2D eigenvalue weighted by Crippen LogP contribution is -2.43. The summed E-state index contributed by atoms with van der Waals surface area (Å²) >= 11 is 0. The van der Waals surface area contributed by atoms with Crippen LogP contribution in [0.25, 0.3) is 0 Å². The predicted octanol–water partition coefficient (Wildman–Crippen LogP) is -0.656. The molecule has 0 bridgehead atoms. The first-order valence-electron chi connectivity index (χ1n) is 4.28. The number of carbonyl (C=O) groups is 1. The first-order chi connectivity index (χ1) is 5.79. The van der Waals surface area contributed by atoms with E-state index in [9.17, 15) is 4.79 Å². The van der Waals surface area contributed by atoms with E-state index in [1.54, 1.807) is 0 Å². The van der Waals surface area contributed by atoms with Gasteiger partial charge in [-0.2, -0.15) is 0 Å². The molecule has 1 aliphatic rings. The molecule has 4 nitrogen and oxygen atoms in total. The Morgan fingerprint density at radius 2 is 2.50 bits per heavy atom. The molecule has 2 unspecified atom stereocenters. The molecule has 0 aromatic rings. The molecule has 0 spiro atoms. The third-order valence-corrected chi connectivity index (χ3v) is 2.41. The van der Waals surface area contributed by atoms with Crippen LogP contribution in [0.4, 0.5) is 0 Å². The Morgan fingerprint density at radius 1 is 1.75 bits per heavy atom. The quantitative estimate of drug-likeness (QED) is 0.543. The van der Waals surface area contributed by atoms with Crippen LogP contribution in [0.15, 0.2) is 0 Å². The lowest BCUT2D eigenvalue weighted by Gasteiger charge is -2.28. The van der Waals surface area contributed by atoms with Crippen molar-refractivity contribution in [2.45, 2.75) is 6.42 Å². The van der Waals surface area contributed by atoms with E-state index in [0.29, 0.717) is 6.54 Å². The average molecular weight is 172 g/mol. The topological polar surface area (TPSA) is 64.3 Å². The van der Waals surface area contributed by atoms with E-state index in [2.05, 4.69) is 5.32 Å². The summed E-state index contributed by atoms with van der Waals surface area (Å²) in [5.74, 6) is 0.124. The van der Waals surface area contributed by atoms with Crippen molar-refractivity contribution < 1.29 is 9.53 Å². The first-order valence-corrected chi connectivity index (χ1v) is 4.28. The molecule has 1 heterocycles. The molecular weight excluding hydrogens is 156 g/mol. The number of esters is 1. The van der Waals surface area contributed by atoms with E-state index in [1.165, 1.54) is 7.11 Å². The smallest absolute Gasteiger partial charge is 0.309 e. The molecule has 1 rings (SSSR count). The molecule has 70 valence electrons. The van der Waals surface area contributed by atoms with Gasteiger partial charge in [-0.3, -0.25) is 4.79 Å². The van der Waals surface area contributed by atoms with Crippen LogP contribution < -0.4 is 11.1 Å². The van der Waals surface area contributed by atoms with Gasteiger partial charge in [-0.25, -0.2) is 0 Å². The summed E-state index contributed by atoms with van der Waals surface area (Å²) in [6.45, 7) is 2.26. The highest BCUT2D eigenvalue weighted by atomic mass is 16.5. The third kappa shape index (κ3) is 1.95. The van der Waals surface area contributed by atoms with Crippen molar-refractivity contribution in [3.05, 3.63) is 0 Å². The largest absolute Gasteiger partial charge is 0.469 e. The van der Waals surface area contributed by atoms with E-state index < -0.39 is 0 Å². The van der Waals surface area contributed by atoms with Crippen LogP contribution >= 0.6 is 0 Å². The van der Waals surface area contributed by atoms with Crippen LogP contribution in [0.3, 0.4) is 0 Å². The van der Waals surface area contributed by atoms with Gasteiger partial charge in [-0.15, -0.1) is 0 Å². The maximum Gasteiger partial charge on any atom is 0.309 e. The zero-order chi connectivity index (χ0) is 8.97. The minimum absolute atomic E-state index is 0.00116. The number of hydrogen-bond donors (Lipinski definition) is 2. The van der Waals surface area contributed by atoms with E-state index in [0.717, 1.165) is 19.5 Å². The fraction of sp³-hybridized carbons (Fsp3) is 0.875. The number of nitrogens with one attached hydrogen (secondary N) is 1. The van der Waals surface area contributed by atoms with Gasteiger partial charge in [0.2, 0.25) is 0 Å². The predicted molar refractivity (Wildman–Crippen MR) is 45.5 cm³/mol. The van der Waals surface area contributed by atoms with Crippen molar-refractivity contribution in [3.63, 3.8) is 0 Å². The van der Waals surface area contributed by atoms with Gasteiger partial charge in [0, 0.05) is 0 Å². The number of piperidine rings is 1. The Bertz CT molecular complexity index is 161. The highest BCUT2D eigenvalue weighted by Gasteiger charge is 2.30. The number of carbonyl (C=O) groups excluding carboxylic acids is 1. The van der Waals surface area contributed by atoms with E-state index >= 15 is 0 Å². The molecule has 1 fully saturated rings. The van der Waals surface area contributed by atoms with Crippen LogP contribution in [0.5, 0.6) is 0 Å². The van der Waals surface area contributed by atoms with Crippen LogP contribution in [-0.4, -0.2) is 32.7 Å². The molecule has 1 saturated heterocycles. The van der Waals surface area contributed by atoms with Gasteiger partial charge in [0.15, 0.2) is 0 Å². The van der Waals surface area contributed by atoms with E-state index in [4.69, 9.17) is 10.5 Å². The highest BCUT2D eigenvalue weighted by molar-refractivity contribution is 5.72. The Morgan fingerprint density at radius 3 is 3.08 bits per heavy atom. The standard InChI is InChI=1S/C8H16N2O2/c1-12-8(11)7-2-3-10-5-6(7)4-9/h6-7,10H,2-5,9H2,1H3. The number of hydrogen-bond acceptors (Lipinski definition) is 4. The van der Waals surface area contributed by atoms with Gasteiger partial charge >= 0.3 is 5.97 Å². The first kappa shape index (κ1) is 9.48. The van der Waals surface area contributed by atoms with Gasteiger partial charge in [0.25, 0.3) is 0 Å². The molecule has 0 amide bonds. The lowest BCUT2D eigenvalue weighted by molar-refractivity contribution is -0.148. The van der Waals surface area contributed by atoms with Gasteiger partial charge in [-0.05, 0) is 32.0 Å². The summed E-state index contributed by atoms with van der Waals surface area (Å²) in [7, 11) is 1.43. The zero-order valence-electron chi connectivity index (χ0n) is 7.38. The molecule has 3 N–H and O–H groups in total. The van der Waals surface area contributed by atoms with Gasteiger partial charge in [0.1, 0.15) is 0 Å². The van der Waals surface area contributed by atoms with Crippen LogP contribution in [0.1, 0.15) is 6.42 Å². The third-order valence-electron chi connectivity index (χ3n) is 2.41. The molecule has 2 atom stereocenters. The molecule has 0 saturated carbocycles. The summed E-state index contributed by atoms with van der Waals surface area (Å²) in [5, 5.41) is 3.21. The number of nitrogens with two attached hydrogens (primary N) is 1. The van der Waals surface area contributed by atoms with Gasteiger partial charge < -0.3 is 15.8 Å². The van der Waals surface area contributed by atoms with Crippen molar-refractivity contribution in [2.75, 3.05) is 26.7 Å². The minimum atomic E-state index is -0.119. The van der Waals surface area contributed by atoms with E-state index in [-0.39, 0.29) is 17.8 Å². The average Bonchev–Trinajstić information content (AvgIpc) is 2.16. The summed E-state index contributed by atoms with van der Waals surface area (Å²) in [6.07, 6.45) is 0.842. The fourth-order valence-electron chi connectivity index (χ4n) is 1.63.